The van der Waals surface area contributed by atoms with E-state index in [9.17, 15) is 4.57 Å². The molecular weight excluding hydrogens is 175 g/mol. The van der Waals surface area contributed by atoms with Crippen LogP contribution in [0.4, 0.5) is 0 Å². The molecule has 0 aliphatic heterocycles. The molecule has 74 valence electrons. The van der Waals surface area contributed by atoms with Gasteiger partial charge in [-0.15, -0.1) is 0 Å². The van der Waals surface area contributed by atoms with Gasteiger partial charge >= 0.3 is 0 Å². The van der Waals surface area contributed by atoms with E-state index in [0.29, 0.717) is 0 Å². The third-order valence-electron chi connectivity index (χ3n) is 1.63. The number of rotatable bonds is 3. The van der Waals surface area contributed by atoms with Crippen LogP contribution in [0.5, 0.6) is 0 Å². The van der Waals surface area contributed by atoms with Gasteiger partial charge in [-0.3, -0.25) is 4.57 Å². The van der Waals surface area contributed by atoms with Gasteiger partial charge < -0.3 is 9.63 Å². The number of hydrogen-bond donors (Lipinski definition) is 1. The van der Waals surface area contributed by atoms with Crippen molar-refractivity contribution in [1.82, 2.24) is 0 Å². The van der Waals surface area contributed by atoms with E-state index < -0.39 is 8.03 Å². The van der Waals surface area contributed by atoms with E-state index >= 15 is 0 Å². The third-order valence-corrected chi connectivity index (χ3v) is 2.88. The van der Waals surface area contributed by atoms with Crippen molar-refractivity contribution in [3.8, 4) is 0 Å². The van der Waals surface area contributed by atoms with Crippen LogP contribution in [-0.4, -0.2) is 22.3 Å². The van der Waals surface area contributed by atoms with E-state index in [2.05, 4.69) is 0 Å². The Morgan fingerprint density at radius 1 is 1.33 bits per heavy atom. The van der Waals surface area contributed by atoms with Crippen molar-refractivity contribution in [3.63, 3.8) is 0 Å². The van der Waals surface area contributed by atoms with Crippen LogP contribution in [-0.2, 0) is 9.30 Å². The largest absolute Gasteiger partial charge is 0.372 e. The Balaban J connectivity index is 4.04. The van der Waals surface area contributed by atoms with Gasteiger partial charge in [-0.25, -0.2) is 0 Å². The highest BCUT2D eigenvalue weighted by molar-refractivity contribution is 7.38. The minimum atomic E-state index is -2.46. The van der Waals surface area contributed by atoms with Crippen molar-refractivity contribution in [2.24, 2.45) is 0 Å². The summed E-state index contributed by atoms with van der Waals surface area (Å²) in [6, 6.07) is 0. The van der Waals surface area contributed by atoms with Crippen LogP contribution in [0.3, 0.4) is 0 Å². The van der Waals surface area contributed by atoms with Gasteiger partial charge in [-0.05, 0) is 27.7 Å². The van der Waals surface area contributed by atoms with Crippen LogP contribution in [0.2, 0.25) is 0 Å². The minimum Gasteiger partial charge on any atom is -0.372 e. The molecule has 0 radical (unpaired) electrons. The molecule has 0 rings (SSSR count). The van der Waals surface area contributed by atoms with E-state index in [0.717, 1.165) is 0 Å². The number of hydrogen-bond acceptors (Lipinski definition) is 2. The molecule has 0 aliphatic carbocycles. The zero-order valence-electron chi connectivity index (χ0n) is 8.42. The molecule has 0 fully saturated rings. The van der Waals surface area contributed by atoms with Crippen LogP contribution in [0.1, 0.15) is 34.6 Å². The van der Waals surface area contributed by atoms with Crippen molar-refractivity contribution < 1.29 is 14.2 Å². The molecule has 0 aliphatic rings. The van der Waals surface area contributed by atoms with Gasteiger partial charge in [0.25, 0.3) is 0 Å². The van der Waals surface area contributed by atoms with Crippen molar-refractivity contribution >= 4 is 8.03 Å². The Labute approximate surface area is 75.0 Å². The molecule has 0 saturated carbocycles. The quantitative estimate of drug-likeness (QED) is 0.699. The predicted octanol–water partition coefficient (Wildman–Crippen LogP) is 2.05. The Kier molecular flexibility index (Phi) is 4.46. The molecule has 1 N–H and O–H groups in total. The first kappa shape index (κ1) is 12.2. The smallest absolute Gasteiger partial charge is 0.194 e. The van der Waals surface area contributed by atoms with Crippen molar-refractivity contribution in [2.75, 3.05) is 0 Å². The molecule has 0 aromatic carbocycles. The average molecular weight is 194 g/mol. The van der Waals surface area contributed by atoms with E-state index in [-0.39, 0.29) is 17.4 Å². The second-order valence-electron chi connectivity index (χ2n) is 4.06. The van der Waals surface area contributed by atoms with Crippen molar-refractivity contribution in [3.05, 3.63) is 0 Å². The molecule has 3 unspecified atom stereocenters. The highest BCUT2D eigenvalue weighted by Gasteiger charge is 2.22. The molecule has 0 bridgehead atoms. The lowest BCUT2D eigenvalue weighted by molar-refractivity contribution is -0.0511. The second-order valence-corrected chi connectivity index (χ2v) is 5.65. The Hall–Kier alpha value is 0.150. The summed E-state index contributed by atoms with van der Waals surface area (Å²) in [6.07, 6.45) is -0.165. The lowest BCUT2D eigenvalue weighted by Gasteiger charge is -2.27. The zero-order chi connectivity index (χ0) is 9.94. The molecule has 3 nitrogen and oxygen atoms in total. The fourth-order valence-electron chi connectivity index (χ4n) is 0.861. The van der Waals surface area contributed by atoms with Gasteiger partial charge in [0.2, 0.25) is 0 Å². The summed E-state index contributed by atoms with van der Waals surface area (Å²) < 4.78 is 16.3. The fourth-order valence-corrected chi connectivity index (χ4v) is 1.33. The van der Waals surface area contributed by atoms with E-state index in [1.165, 1.54) is 0 Å². The summed E-state index contributed by atoms with van der Waals surface area (Å²) in [5.74, 6) is 0. The molecule has 4 heteroatoms. The SMILES string of the molecule is CC(OC(C)(C)C)C(C)[PH](=O)O. The Morgan fingerprint density at radius 3 is 2.00 bits per heavy atom. The molecule has 0 aromatic heterocycles. The standard InChI is InChI=1S/C8H19O3P/c1-6(7(2)12(9)10)11-8(3,4)5/h6-7,12H,1-5H3,(H,9,10). The van der Waals surface area contributed by atoms with Gasteiger partial charge in [-0.2, -0.15) is 0 Å². The summed E-state index contributed by atoms with van der Waals surface area (Å²) in [5.41, 5.74) is -0.514. The topological polar surface area (TPSA) is 46.5 Å². The van der Waals surface area contributed by atoms with E-state index in [4.69, 9.17) is 9.63 Å². The maximum atomic E-state index is 10.7. The van der Waals surface area contributed by atoms with E-state index in [1.54, 1.807) is 6.92 Å². The highest BCUT2D eigenvalue weighted by Crippen LogP contribution is 2.28. The molecule has 12 heavy (non-hydrogen) atoms. The molecule has 0 heterocycles. The van der Waals surface area contributed by atoms with Gasteiger partial charge in [-0.1, -0.05) is 6.92 Å². The van der Waals surface area contributed by atoms with Crippen LogP contribution in [0.25, 0.3) is 0 Å². The summed E-state index contributed by atoms with van der Waals surface area (Å²) in [6.45, 7) is 9.37. The lowest BCUT2D eigenvalue weighted by atomic mass is 10.2. The van der Waals surface area contributed by atoms with Crippen molar-refractivity contribution in [1.29, 1.82) is 0 Å². The van der Waals surface area contributed by atoms with Crippen LogP contribution >= 0.6 is 8.03 Å². The maximum Gasteiger partial charge on any atom is 0.194 e. The van der Waals surface area contributed by atoms with Crippen LogP contribution < -0.4 is 0 Å². The fraction of sp³-hybridized carbons (Fsp3) is 1.00. The van der Waals surface area contributed by atoms with Gasteiger partial charge in [0, 0.05) is 0 Å². The molecule has 3 atom stereocenters. The zero-order valence-corrected chi connectivity index (χ0v) is 9.42. The normalized spacial score (nSPS) is 20.2. The van der Waals surface area contributed by atoms with Gasteiger partial charge in [0.15, 0.2) is 8.03 Å². The third kappa shape index (κ3) is 4.91. The average Bonchev–Trinajstić information content (AvgIpc) is 1.82. The summed E-state index contributed by atoms with van der Waals surface area (Å²) in [5, 5.41) is 0. The Morgan fingerprint density at radius 2 is 1.75 bits per heavy atom. The van der Waals surface area contributed by atoms with Crippen LogP contribution in [0.15, 0.2) is 0 Å². The van der Waals surface area contributed by atoms with E-state index in [1.807, 2.05) is 27.7 Å². The maximum absolute atomic E-state index is 10.7. The minimum absolute atomic E-state index is 0.165. The lowest BCUT2D eigenvalue weighted by Crippen LogP contribution is -2.30. The second kappa shape index (κ2) is 4.40. The van der Waals surface area contributed by atoms with Gasteiger partial charge in [0.1, 0.15) is 0 Å². The predicted molar refractivity (Wildman–Crippen MR) is 51.0 cm³/mol. The first-order valence-corrected chi connectivity index (χ1v) is 5.58. The molecule has 0 aromatic rings. The molecule has 0 spiro atoms. The Bertz CT molecular complexity index is 162. The number of ether oxygens (including phenoxy) is 1. The summed E-state index contributed by atoms with van der Waals surface area (Å²) >= 11 is 0. The van der Waals surface area contributed by atoms with Crippen molar-refractivity contribution in [2.45, 2.75) is 52.0 Å². The first-order chi connectivity index (χ1) is 5.24. The molecule has 0 amide bonds. The van der Waals surface area contributed by atoms with Gasteiger partial charge in [0.05, 0.1) is 17.4 Å². The molecular formula is C8H19O3P. The first-order valence-electron chi connectivity index (χ1n) is 4.14. The van der Waals surface area contributed by atoms with Crippen LogP contribution in [0, 0.1) is 0 Å². The summed E-state index contributed by atoms with van der Waals surface area (Å²) in [7, 11) is -2.46. The summed E-state index contributed by atoms with van der Waals surface area (Å²) in [4.78, 5) is 8.85. The monoisotopic (exact) mass is 194 g/mol. The molecule has 0 saturated heterocycles. The highest BCUT2D eigenvalue weighted by atomic mass is 31.1.